The zero-order valence-corrected chi connectivity index (χ0v) is 21.0. The van der Waals surface area contributed by atoms with Crippen molar-refractivity contribution < 1.29 is 19.0 Å². The van der Waals surface area contributed by atoms with Gasteiger partial charge in [0, 0.05) is 11.8 Å². The Labute approximate surface area is 222 Å². The van der Waals surface area contributed by atoms with Crippen LogP contribution in [0.1, 0.15) is 21.5 Å². The number of hydrogen-bond donors (Lipinski definition) is 0. The molecule has 0 unspecified atom stereocenters. The molecule has 0 atom stereocenters. The number of hydrogen-bond acceptors (Lipinski definition) is 5. The molecule has 188 valence electrons. The van der Waals surface area contributed by atoms with Crippen LogP contribution < -0.4 is 9.47 Å². The highest BCUT2D eigenvalue weighted by Crippen LogP contribution is 2.44. The monoisotopic (exact) mass is 501 g/mol. The number of pyridine rings is 1. The zero-order valence-electron chi connectivity index (χ0n) is 21.0. The molecule has 0 saturated heterocycles. The molecule has 0 radical (unpaired) electrons. The number of carbonyl (C=O) groups excluding carboxylic acids is 1. The molecule has 1 aromatic heterocycles. The van der Waals surface area contributed by atoms with E-state index in [1.807, 2.05) is 103 Å². The maximum Gasteiger partial charge on any atom is 0.337 e. The lowest BCUT2D eigenvalue weighted by Gasteiger charge is -2.20. The second kappa shape index (κ2) is 11.9. The lowest BCUT2D eigenvalue weighted by Crippen LogP contribution is -2.05. The third-order valence-corrected chi connectivity index (χ3v) is 6.12. The van der Waals surface area contributed by atoms with Crippen LogP contribution in [0.4, 0.5) is 0 Å². The van der Waals surface area contributed by atoms with E-state index in [0.717, 1.165) is 33.4 Å². The molecule has 4 aromatic carbocycles. The first-order valence-electron chi connectivity index (χ1n) is 12.3. The SMILES string of the molecule is COC(=O)c1ccc(-c2c(OCc3ccccc3)ncc(-c3ccccc3)c2OCc2ccccc2)cc1. The molecule has 0 spiro atoms. The van der Waals surface area contributed by atoms with Crippen molar-refractivity contribution in [2.45, 2.75) is 13.2 Å². The Hall–Kier alpha value is -4.90. The predicted molar refractivity (Wildman–Crippen MR) is 148 cm³/mol. The van der Waals surface area contributed by atoms with Crippen molar-refractivity contribution in [2.75, 3.05) is 7.11 Å². The molecule has 0 N–H and O–H groups in total. The molecule has 0 saturated carbocycles. The molecule has 0 aliphatic heterocycles. The van der Waals surface area contributed by atoms with Crippen molar-refractivity contribution in [1.82, 2.24) is 4.98 Å². The summed E-state index contributed by atoms with van der Waals surface area (Å²) in [6, 6.07) is 37.2. The quantitative estimate of drug-likeness (QED) is 0.198. The molecule has 0 aliphatic carbocycles. The molecule has 5 rings (SSSR count). The summed E-state index contributed by atoms with van der Waals surface area (Å²) in [5.41, 5.74) is 5.89. The van der Waals surface area contributed by atoms with Crippen LogP contribution in [0.5, 0.6) is 11.6 Å². The number of ether oxygens (including phenoxy) is 3. The Kier molecular flexibility index (Phi) is 7.75. The van der Waals surface area contributed by atoms with E-state index in [4.69, 9.17) is 19.2 Å². The summed E-state index contributed by atoms with van der Waals surface area (Å²) in [5.74, 6) is 0.708. The average Bonchev–Trinajstić information content (AvgIpc) is 3.00. The highest BCUT2D eigenvalue weighted by molar-refractivity contribution is 5.91. The molecular weight excluding hydrogens is 474 g/mol. The Bertz CT molecular complexity index is 1490. The van der Waals surface area contributed by atoms with Crippen molar-refractivity contribution in [3.8, 4) is 33.9 Å². The Morgan fingerprint density at radius 2 is 1.21 bits per heavy atom. The Morgan fingerprint density at radius 1 is 0.658 bits per heavy atom. The van der Waals surface area contributed by atoms with Crippen molar-refractivity contribution in [3.05, 3.63) is 138 Å². The van der Waals surface area contributed by atoms with Crippen LogP contribution in [0, 0.1) is 0 Å². The minimum atomic E-state index is -0.395. The van der Waals surface area contributed by atoms with Gasteiger partial charge in [0.25, 0.3) is 0 Å². The van der Waals surface area contributed by atoms with Crippen LogP contribution in [0.2, 0.25) is 0 Å². The van der Waals surface area contributed by atoms with Crippen LogP contribution in [-0.4, -0.2) is 18.1 Å². The van der Waals surface area contributed by atoms with E-state index >= 15 is 0 Å². The van der Waals surface area contributed by atoms with Crippen LogP contribution in [0.25, 0.3) is 22.3 Å². The summed E-state index contributed by atoms with van der Waals surface area (Å²) in [4.78, 5) is 16.8. The molecule has 0 fully saturated rings. The van der Waals surface area contributed by atoms with Gasteiger partial charge in [-0.3, -0.25) is 0 Å². The summed E-state index contributed by atoms with van der Waals surface area (Å²) < 4.78 is 17.7. The first-order chi connectivity index (χ1) is 18.7. The van der Waals surface area contributed by atoms with Gasteiger partial charge >= 0.3 is 5.97 Å². The number of carbonyl (C=O) groups is 1. The summed E-state index contributed by atoms with van der Waals surface area (Å²) in [6.45, 7) is 0.722. The topological polar surface area (TPSA) is 57.7 Å². The molecule has 5 nitrogen and oxygen atoms in total. The van der Waals surface area contributed by atoms with Gasteiger partial charge in [0.15, 0.2) is 0 Å². The molecule has 0 aliphatic rings. The Morgan fingerprint density at radius 3 is 1.79 bits per heavy atom. The van der Waals surface area contributed by atoms with Gasteiger partial charge < -0.3 is 14.2 Å². The first kappa shape index (κ1) is 24.8. The van der Waals surface area contributed by atoms with E-state index in [1.54, 1.807) is 18.3 Å². The van der Waals surface area contributed by atoms with Crippen LogP contribution in [-0.2, 0) is 18.0 Å². The van der Waals surface area contributed by atoms with Gasteiger partial charge in [-0.25, -0.2) is 9.78 Å². The summed E-state index contributed by atoms with van der Waals surface area (Å²) in [7, 11) is 1.37. The summed E-state index contributed by atoms with van der Waals surface area (Å²) in [6.07, 6.45) is 1.79. The average molecular weight is 502 g/mol. The minimum Gasteiger partial charge on any atom is -0.487 e. The molecule has 5 aromatic rings. The lowest BCUT2D eigenvalue weighted by molar-refractivity contribution is 0.0600. The van der Waals surface area contributed by atoms with Gasteiger partial charge in [0.05, 0.1) is 18.2 Å². The van der Waals surface area contributed by atoms with Crippen LogP contribution in [0.3, 0.4) is 0 Å². The van der Waals surface area contributed by atoms with Crippen molar-refractivity contribution in [1.29, 1.82) is 0 Å². The summed E-state index contributed by atoms with van der Waals surface area (Å²) in [5, 5.41) is 0. The molecule has 1 heterocycles. The van der Waals surface area contributed by atoms with E-state index in [1.165, 1.54) is 7.11 Å². The highest BCUT2D eigenvalue weighted by Gasteiger charge is 2.21. The normalized spacial score (nSPS) is 10.6. The van der Waals surface area contributed by atoms with Gasteiger partial charge in [-0.05, 0) is 34.4 Å². The largest absolute Gasteiger partial charge is 0.487 e. The van der Waals surface area contributed by atoms with E-state index in [9.17, 15) is 4.79 Å². The van der Waals surface area contributed by atoms with Gasteiger partial charge in [-0.1, -0.05) is 103 Å². The highest BCUT2D eigenvalue weighted by atomic mass is 16.5. The van der Waals surface area contributed by atoms with E-state index < -0.39 is 5.97 Å². The number of methoxy groups -OCH3 is 1. The van der Waals surface area contributed by atoms with Gasteiger partial charge in [-0.15, -0.1) is 0 Å². The third kappa shape index (κ3) is 5.73. The number of aromatic nitrogens is 1. The predicted octanol–water partition coefficient (Wildman–Crippen LogP) is 7.36. The van der Waals surface area contributed by atoms with Crippen molar-refractivity contribution in [2.24, 2.45) is 0 Å². The molecule has 0 bridgehead atoms. The fourth-order valence-corrected chi connectivity index (χ4v) is 4.16. The van der Waals surface area contributed by atoms with Crippen molar-refractivity contribution >= 4 is 5.97 Å². The van der Waals surface area contributed by atoms with E-state index in [2.05, 4.69) is 0 Å². The van der Waals surface area contributed by atoms with Crippen LogP contribution >= 0.6 is 0 Å². The number of benzene rings is 4. The minimum absolute atomic E-state index is 0.351. The summed E-state index contributed by atoms with van der Waals surface area (Å²) >= 11 is 0. The second-order valence-electron chi connectivity index (χ2n) is 8.66. The van der Waals surface area contributed by atoms with E-state index in [0.29, 0.717) is 30.4 Å². The van der Waals surface area contributed by atoms with Crippen molar-refractivity contribution in [3.63, 3.8) is 0 Å². The lowest BCUT2D eigenvalue weighted by atomic mass is 9.98. The molecule has 0 amide bonds. The maximum absolute atomic E-state index is 12.1. The molecule has 38 heavy (non-hydrogen) atoms. The van der Waals surface area contributed by atoms with Gasteiger partial charge in [0.1, 0.15) is 19.0 Å². The van der Waals surface area contributed by atoms with Gasteiger partial charge in [-0.2, -0.15) is 0 Å². The number of rotatable bonds is 9. The smallest absolute Gasteiger partial charge is 0.337 e. The standard InChI is InChI=1S/C33H27NO4/c1-36-33(35)28-19-17-27(18-20-28)30-31(37-22-24-11-5-2-6-12-24)29(26-15-9-4-10-16-26)21-34-32(30)38-23-25-13-7-3-8-14-25/h2-21H,22-23H2,1H3. The fraction of sp³-hybridized carbons (Fsp3) is 0.0909. The van der Waals surface area contributed by atoms with Crippen LogP contribution in [0.15, 0.2) is 121 Å². The van der Waals surface area contributed by atoms with E-state index in [-0.39, 0.29) is 0 Å². The first-order valence-corrected chi connectivity index (χ1v) is 12.3. The molecule has 5 heteroatoms. The third-order valence-electron chi connectivity index (χ3n) is 6.12. The number of nitrogens with zero attached hydrogens (tertiary/aromatic N) is 1. The fourth-order valence-electron chi connectivity index (χ4n) is 4.16. The molecular formula is C33H27NO4. The second-order valence-corrected chi connectivity index (χ2v) is 8.66. The maximum atomic E-state index is 12.1. The van der Waals surface area contributed by atoms with Gasteiger partial charge in [0.2, 0.25) is 5.88 Å². The Balaban J connectivity index is 1.63. The number of esters is 1. The zero-order chi connectivity index (χ0) is 26.2.